The van der Waals surface area contributed by atoms with Gasteiger partial charge in [0.05, 0.1) is 0 Å². The monoisotopic (exact) mass is 181 g/mol. The lowest BCUT2D eigenvalue weighted by Crippen LogP contribution is -2.17. The van der Waals surface area contributed by atoms with Crippen LogP contribution in [-0.2, 0) is 0 Å². The van der Waals surface area contributed by atoms with E-state index in [0.717, 1.165) is 6.54 Å². The summed E-state index contributed by atoms with van der Waals surface area (Å²) < 4.78 is 0. The van der Waals surface area contributed by atoms with E-state index in [1.54, 1.807) is 0 Å². The molecule has 0 amide bonds. The molecule has 13 heavy (non-hydrogen) atoms. The summed E-state index contributed by atoms with van der Waals surface area (Å²) in [5.74, 6) is 0. The van der Waals surface area contributed by atoms with E-state index in [9.17, 15) is 0 Å². The second kappa shape index (κ2) is 4.59. The molecule has 0 rings (SSSR count). The molecular weight excluding hydrogens is 158 g/mol. The van der Waals surface area contributed by atoms with Gasteiger partial charge in [-0.05, 0) is 38.7 Å². The number of hydrogen-bond donors (Lipinski definition) is 0. The summed E-state index contributed by atoms with van der Waals surface area (Å²) in [5, 5.41) is 0. The number of rotatable bonds is 2. The average molecular weight is 181 g/mol. The first-order chi connectivity index (χ1) is 5.80. The number of hydrogen-bond acceptors (Lipinski definition) is 1. The Hall–Kier alpha value is -0.590. The van der Waals surface area contributed by atoms with Crippen LogP contribution in [0.15, 0.2) is 16.1 Å². The van der Waals surface area contributed by atoms with Crippen molar-refractivity contribution in [2.75, 3.05) is 6.54 Å². The van der Waals surface area contributed by atoms with Crippen molar-refractivity contribution < 1.29 is 0 Å². The van der Waals surface area contributed by atoms with Crippen molar-refractivity contribution in [1.82, 2.24) is 0 Å². The molecule has 0 radical (unpaired) electrons. The molecule has 0 spiro atoms. The van der Waals surface area contributed by atoms with E-state index in [-0.39, 0.29) is 5.41 Å². The average Bonchev–Trinajstić information content (AvgIpc) is 1.82. The molecule has 0 aliphatic rings. The summed E-state index contributed by atoms with van der Waals surface area (Å²) in [5.41, 5.74) is 4.17. The van der Waals surface area contributed by atoms with E-state index in [1.165, 1.54) is 16.9 Å². The van der Waals surface area contributed by atoms with E-state index in [1.807, 2.05) is 0 Å². The van der Waals surface area contributed by atoms with Crippen LogP contribution in [0.25, 0.3) is 0 Å². The zero-order valence-electron chi connectivity index (χ0n) is 10.2. The molecule has 0 aromatic heterocycles. The lowest BCUT2D eigenvalue weighted by molar-refractivity contribution is 0.519. The third-order valence-corrected chi connectivity index (χ3v) is 2.01. The molecule has 0 unspecified atom stereocenters. The minimum atomic E-state index is 0.210. The number of aliphatic imine (C=N–C) groups is 1. The zero-order chi connectivity index (χ0) is 10.6. The Balaban J connectivity index is 5.10. The summed E-state index contributed by atoms with van der Waals surface area (Å²) in [6.07, 6.45) is 0. The minimum absolute atomic E-state index is 0.210. The maximum Gasteiger partial charge on any atom is 0.0364 e. The molecule has 0 aromatic carbocycles. The largest absolute Gasteiger partial charge is 0.290 e. The topological polar surface area (TPSA) is 12.4 Å². The van der Waals surface area contributed by atoms with Crippen LogP contribution in [0.3, 0.4) is 0 Å². The fourth-order valence-electron chi connectivity index (χ4n) is 1.97. The van der Waals surface area contributed by atoms with Crippen molar-refractivity contribution in [3.05, 3.63) is 11.1 Å². The maximum absolute atomic E-state index is 4.47. The highest BCUT2D eigenvalue weighted by atomic mass is 14.7. The Kier molecular flexibility index (Phi) is 4.38. The first-order valence-corrected chi connectivity index (χ1v) is 5.00. The zero-order valence-corrected chi connectivity index (χ0v) is 10.2. The molecule has 76 valence electrons. The highest BCUT2D eigenvalue weighted by Crippen LogP contribution is 2.29. The van der Waals surface area contributed by atoms with Gasteiger partial charge in [-0.25, -0.2) is 0 Å². The van der Waals surface area contributed by atoms with Crippen molar-refractivity contribution in [2.45, 2.75) is 48.5 Å². The lowest BCUT2D eigenvalue weighted by atomic mass is 9.81. The van der Waals surface area contributed by atoms with Crippen LogP contribution >= 0.6 is 0 Å². The Bertz CT molecular complexity index is 222. The Morgan fingerprint density at radius 1 is 1.08 bits per heavy atom. The van der Waals surface area contributed by atoms with Crippen LogP contribution in [0.2, 0.25) is 0 Å². The highest BCUT2D eigenvalue weighted by Gasteiger charge is 2.20. The quantitative estimate of drug-likeness (QED) is 0.574. The summed E-state index contributed by atoms with van der Waals surface area (Å²) in [6.45, 7) is 16.1. The van der Waals surface area contributed by atoms with E-state index in [0.29, 0.717) is 0 Å². The molecule has 1 nitrogen and oxygen atoms in total. The molecule has 0 saturated carbocycles. The fraction of sp³-hybridized carbons (Fsp3) is 0.750. The van der Waals surface area contributed by atoms with Gasteiger partial charge >= 0.3 is 0 Å². The summed E-state index contributed by atoms with van der Waals surface area (Å²) in [6, 6.07) is 0. The second-order valence-electron chi connectivity index (χ2n) is 4.68. The van der Waals surface area contributed by atoms with Gasteiger partial charge in [0.2, 0.25) is 0 Å². The molecule has 0 heterocycles. The third-order valence-electron chi connectivity index (χ3n) is 2.01. The van der Waals surface area contributed by atoms with Crippen LogP contribution in [0, 0.1) is 5.41 Å². The number of nitrogens with zero attached hydrogens (tertiary/aromatic N) is 1. The van der Waals surface area contributed by atoms with Crippen LogP contribution in [0.5, 0.6) is 0 Å². The maximum atomic E-state index is 4.47. The molecular formula is C12H23N. The van der Waals surface area contributed by atoms with Crippen molar-refractivity contribution in [1.29, 1.82) is 0 Å². The fourth-order valence-corrected chi connectivity index (χ4v) is 1.97. The first kappa shape index (κ1) is 12.4. The molecule has 0 aromatic rings. The Labute approximate surface area is 83.0 Å². The number of allylic oxidation sites excluding steroid dienone is 2. The van der Waals surface area contributed by atoms with Gasteiger partial charge in [-0.15, -0.1) is 0 Å². The Morgan fingerprint density at radius 2 is 1.54 bits per heavy atom. The van der Waals surface area contributed by atoms with Crippen molar-refractivity contribution in [2.24, 2.45) is 10.4 Å². The van der Waals surface area contributed by atoms with Crippen LogP contribution < -0.4 is 0 Å². The van der Waals surface area contributed by atoms with Crippen LogP contribution in [0.1, 0.15) is 48.5 Å². The Morgan fingerprint density at radius 3 is 1.77 bits per heavy atom. The van der Waals surface area contributed by atoms with Gasteiger partial charge < -0.3 is 0 Å². The summed E-state index contributed by atoms with van der Waals surface area (Å²) in [7, 11) is 0. The molecule has 0 saturated heterocycles. The van der Waals surface area contributed by atoms with Gasteiger partial charge in [-0.3, -0.25) is 4.99 Å². The predicted octanol–water partition coefficient (Wildman–Crippen LogP) is 3.85. The predicted molar refractivity (Wildman–Crippen MR) is 61.5 cm³/mol. The molecule has 1 heteroatoms. The molecule has 0 N–H and O–H groups in total. The van der Waals surface area contributed by atoms with E-state index >= 15 is 0 Å². The first-order valence-electron chi connectivity index (χ1n) is 5.00. The smallest absolute Gasteiger partial charge is 0.0364 e. The minimum Gasteiger partial charge on any atom is -0.290 e. The molecule has 0 aliphatic heterocycles. The molecule has 0 bridgehead atoms. The summed E-state index contributed by atoms with van der Waals surface area (Å²) >= 11 is 0. The van der Waals surface area contributed by atoms with Crippen LogP contribution in [0.4, 0.5) is 0 Å². The standard InChI is InChI=1S/C12H23N/c1-8-13-10(4)11(9(2)3)12(5,6)7/h8H2,1-7H3. The van der Waals surface area contributed by atoms with Gasteiger partial charge in [-0.2, -0.15) is 0 Å². The van der Waals surface area contributed by atoms with Crippen molar-refractivity contribution >= 4 is 5.71 Å². The van der Waals surface area contributed by atoms with E-state index in [2.05, 4.69) is 53.5 Å². The molecule has 0 aliphatic carbocycles. The molecule has 0 fully saturated rings. The van der Waals surface area contributed by atoms with Gasteiger partial charge in [0.1, 0.15) is 0 Å². The van der Waals surface area contributed by atoms with E-state index in [4.69, 9.17) is 0 Å². The van der Waals surface area contributed by atoms with Gasteiger partial charge in [0.25, 0.3) is 0 Å². The lowest BCUT2D eigenvalue weighted by Gasteiger charge is -2.25. The SMILES string of the molecule is CCN=C(C)C(=C(C)C)C(C)(C)C. The normalized spacial score (nSPS) is 13.0. The molecule has 0 atom stereocenters. The third kappa shape index (κ3) is 3.75. The van der Waals surface area contributed by atoms with Crippen molar-refractivity contribution in [3.8, 4) is 0 Å². The van der Waals surface area contributed by atoms with Gasteiger partial charge in [0.15, 0.2) is 0 Å². The van der Waals surface area contributed by atoms with Gasteiger partial charge in [0, 0.05) is 12.3 Å². The van der Waals surface area contributed by atoms with Crippen LogP contribution in [-0.4, -0.2) is 12.3 Å². The summed E-state index contributed by atoms with van der Waals surface area (Å²) in [4.78, 5) is 4.47. The highest BCUT2D eigenvalue weighted by molar-refractivity contribution is 5.99. The van der Waals surface area contributed by atoms with Gasteiger partial charge in [-0.1, -0.05) is 26.3 Å². The van der Waals surface area contributed by atoms with E-state index < -0.39 is 0 Å². The second-order valence-corrected chi connectivity index (χ2v) is 4.68. The van der Waals surface area contributed by atoms with Crippen molar-refractivity contribution in [3.63, 3.8) is 0 Å².